The monoisotopic (exact) mass is 930 g/mol. The summed E-state index contributed by atoms with van der Waals surface area (Å²) in [6.45, 7) is 18.1. The maximum absolute atomic E-state index is 6.85. The van der Waals surface area contributed by atoms with Crippen molar-refractivity contribution in [3.8, 4) is 22.3 Å². The third kappa shape index (κ3) is 6.31. The van der Waals surface area contributed by atoms with Gasteiger partial charge in [0.1, 0.15) is 22.3 Å². The van der Waals surface area contributed by atoms with E-state index in [-0.39, 0.29) is 10.8 Å². The highest BCUT2D eigenvalue weighted by Crippen LogP contribution is 2.53. The summed E-state index contributed by atoms with van der Waals surface area (Å²) in [7, 11) is 0. The summed E-state index contributed by atoms with van der Waals surface area (Å²) in [6.07, 6.45) is 0. The average Bonchev–Trinajstić information content (AvgIpc) is 4.03. The topological polar surface area (TPSA) is 32.8 Å². The molecular formula is C68H54N2O2. The highest BCUT2D eigenvalue weighted by molar-refractivity contribution is 6.17. The minimum atomic E-state index is -0.119. The van der Waals surface area contributed by atoms with Crippen molar-refractivity contribution in [1.82, 2.24) is 0 Å². The number of anilines is 6. The molecule has 0 aliphatic heterocycles. The number of hydrogen-bond donors (Lipinski definition) is 0. The number of hydrogen-bond acceptors (Lipinski definition) is 4. The molecule has 0 saturated carbocycles. The fourth-order valence-electron chi connectivity index (χ4n) is 12.8. The standard InChI is InChI=1S/C68H54N2O2/c1-39-25-40(2)28-49(27-39)69(46-19-22-53-51-13-9-11-15-59(51)67(5,6)61(53)34-46)45-18-17-43-32-56-58-38-65-57(37-66(58)71-63(56)33-44(43)31-45)55-24-21-48(36-64(55)72-65)70(50-29-41(3)26-42(4)30-50)47-20-23-54-52-14-10-12-16-60(52)68(7,8)62(54)35-47/h9-38H,1-8H3. The normalized spacial score (nSPS) is 14.1. The van der Waals surface area contributed by atoms with Crippen LogP contribution in [0.2, 0.25) is 0 Å². The smallest absolute Gasteiger partial charge is 0.137 e. The fourth-order valence-corrected chi connectivity index (χ4v) is 12.8. The van der Waals surface area contributed by atoms with Gasteiger partial charge in [-0.05, 0) is 202 Å². The van der Waals surface area contributed by atoms with Crippen LogP contribution in [0.1, 0.15) is 72.2 Å². The van der Waals surface area contributed by atoms with E-state index in [1.807, 2.05) is 0 Å². The molecule has 0 radical (unpaired) electrons. The molecule has 2 aromatic heterocycles. The molecular weight excluding hydrogens is 877 g/mol. The number of fused-ring (bicyclic) bond motifs is 13. The Hall–Kier alpha value is -8.34. The van der Waals surface area contributed by atoms with Gasteiger partial charge in [-0.25, -0.2) is 0 Å². The van der Waals surface area contributed by atoms with E-state index >= 15 is 0 Å². The van der Waals surface area contributed by atoms with Gasteiger partial charge in [0, 0.05) is 72.6 Å². The predicted molar refractivity (Wildman–Crippen MR) is 302 cm³/mol. The highest BCUT2D eigenvalue weighted by atomic mass is 16.3. The zero-order chi connectivity index (χ0) is 48.9. The summed E-state index contributed by atoms with van der Waals surface area (Å²) in [5.74, 6) is 0. The van der Waals surface area contributed by atoms with E-state index < -0.39 is 0 Å². The van der Waals surface area contributed by atoms with Crippen molar-refractivity contribution in [3.05, 3.63) is 226 Å². The van der Waals surface area contributed by atoms with Crippen LogP contribution in [0.3, 0.4) is 0 Å². The first kappa shape index (κ1) is 42.5. The van der Waals surface area contributed by atoms with Gasteiger partial charge in [0.2, 0.25) is 0 Å². The van der Waals surface area contributed by atoms with Gasteiger partial charge < -0.3 is 18.6 Å². The van der Waals surface area contributed by atoms with E-state index in [4.69, 9.17) is 8.83 Å². The molecule has 0 bridgehead atoms. The van der Waals surface area contributed by atoms with Gasteiger partial charge in [-0.1, -0.05) is 107 Å². The molecule has 10 aromatic carbocycles. The zero-order valence-corrected chi connectivity index (χ0v) is 42.0. The molecule has 0 atom stereocenters. The van der Waals surface area contributed by atoms with Gasteiger partial charge in [-0.2, -0.15) is 0 Å². The summed E-state index contributed by atoms with van der Waals surface area (Å²) in [5, 5.41) is 6.48. The lowest BCUT2D eigenvalue weighted by Crippen LogP contribution is -2.16. The summed E-state index contributed by atoms with van der Waals surface area (Å²) in [6, 6.07) is 67.7. The second-order valence-electron chi connectivity index (χ2n) is 21.8. The molecule has 0 N–H and O–H groups in total. The van der Waals surface area contributed by atoms with Gasteiger partial charge in [0.15, 0.2) is 0 Å². The van der Waals surface area contributed by atoms with Crippen LogP contribution in [0.4, 0.5) is 34.1 Å². The molecule has 0 amide bonds. The minimum absolute atomic E-state index is 0.111. The van der Waals surface area contributed by atoms with E-state index in [1.54, 1.807) is 0 Å². The minimum Gasteiger partial charge on any atom is -0.456 e. The van der Waals surface area contributed by atoms with E-state index in [0.717, 1.165) is 88.8 Å². The third-order valence-electron chi connectivity index (χ3n) is 16.1. The van der Waals surface area contributed by atoms with Crippen molar-refractivity contribution >= 4 is 88.8 Å². The third-order valence-corrected chi connectivity index (χ3v) is 16.1. The van der Waals surface area contributed by atoms with Crippen molar-refractivity contribution in [3.63, 3.8) is 0 Å². The molecule has 0 saturated heterocycles. The van der Waals surface area contributed by atoms with Crippen LogP contribution in [0.15, 0.2) is 191 Å². The van der Waals surface area contributed by atoms with Gasteiger partial charge in [-0.3, -0.25) is 0 Å². The molecule has 0 fully saturated rings. The zero-order valence-electron chi connectivity index (χ0n) is 42.0. The fraction of sp³-hybridized carbons (Fsp3) is 0.147. The molecule has 14 rings (SSSR count). The predicted octanol–water partition coefficient (Wildman–Crippen LogP) is 19.4. The first-order chi connectivity index (χ1) is 34.8. The van der Waals surface area contributed by atoms with Crippen LogP contribution < -0.4 is 9.80 Å². The molecule has 4 heteroatoms. The largest absolute Gasteiger partial charge is 0.456 e. The van der Waals surface area contributed by atoms with Crippen molar-refractivity contribution in [2.24, 2.45) is 0 Å². The van der Waals surface area contributed by atoms with Crippen molar-refractivity contribution < 1.29 is 8.83 Å². The Morgan fingerprint density at radius 1 is 0.292 bits per heavy atom. The SMILES string of the molecule is Cc1cc(C)cc(N(c2ccc3c(c2)C(C)(C)c2ccccc2-3)c2ccc3cc4c(cc3c2)oc2cc3c(cc24)oc2cc(N(c4cc(C)cc(C)c4)c4ccc5c(c4)C(C)(C)c4ccccc4-5)ccc23)c1. The van der Waals surface area contributed by atoms with Crippen LogP contribution >= 0.6 is 0 Å². The van der Waals surface area contributed by atoms with Crippen LogP contribution in [0, 0.1) is 27.7 Å². The number of furan rings is 2. The molecule has 12 aromatic rings. The number of aryl methyl sites for hydroxylation is 4. The molecule has 0 unspecified atom stereocenters. The number of rotatable bonds is 6. The van der Waals surface area contributed by atoms with Gasteiger partial charge in [0.25, 0.3) is 0 Å². The first-order valence-corrected chi connectivity index (χ1v) is 25.3. The van der Waals surface area contributed by atoms with E-state index in [1.165, 1.54) is 66.8 Å². The quantitative estimate of drug-likeness (QED) is 0.166. The maximum Gasteiger partial charge on any atom is 0.137 e. The lowest BCUT2D eigenvalue weighted by molar-refractivity contribution is 0.660. The molecule has 2 heterocycles. The Kier molecular flexibility index (Phi) is 8.91. The van der Waals surface area contributed by atoms with Gasteiger partial charge in [0.05, 0.1) is 0 Å². The van der Waals surface area contributed by atoms with E-state index in [2.05, 4.69) is 247 Å². The molecule has 348 valence electrons. The van der Waals surface area contributed by atoms with Crippen LogP contribution in [0.25, 0.3) is 76.9 Å². The Morgan fingerprint density at radius 2 is 0.694 bits per heavy atom. The summed E-state index contributed by atoms with van der Waals surface area (Å²) in [4.78, 5) is 4.80. The summed E-state index contributed by atoms with van der Waals surface area (Å²) >= 11 is 0. The molecule has 2 aliphatic carbocycles. The number of nitrogens with zero attached hydrogens (tertiary/aromatic N) is 2. The van der Waals surface area contributed by atoms with Crippen LogP contribution in [-0.4, -0.2) is 0 Å². The second kappa shape index (κ2) is 15.1. The van der Waals surface area contributed by atoms with E-state index in [9.17, 15) is 0 Å². The molecule has 72 heavy (non-hydrogen) atoms. The Balaban J connectivity index is 0.861. The Labute approximate surface area is 420 Å². The maximum atomic E-state index is 6.85. The van der Waals surface area contributed by atoms with Gasteiger partial charge >= 0.3 is 0 Å². The summed E-state index contributed by atoms with van der Waals surface area (Å²) < 4.78 is 13.7. The van der Waals surface area contributed by atoms with Crippen molar-refractivity contribution in [2.75, 3.05) is 9.80 Å². The second-order valence-corrected chi connectivity index (χ2v) is 21.8. The molecule has 2 aliphatic rings. The highest BCUT2D eigenvalue weighted by Gasteiger charge is 2.37. The summed E-state index contributed by atoms with van der Waals surface area (Å²) in [5.41, 5.74) is 25.5. The van der Waals surface area contributed by atoms with Crippen LogP contribution in [0.5, 0.6) is 0 Å². The van der Waals surface area contributed by atoms with Crippen molar-refractivity contribution in [1.29, 1.82) is 0 Å². The molecule has 0 spiro atoms. The lowest BCUT2D eigenvalue weighted by Gasteiger charge is -2.29. The van der Waals surface area contributed by atoms with E-state index in [0.29, 0.717) is 0 Å². The number of benzene rings is 10. The van der Waals surface area contributed by atoms with Gasteiger partial charge in [-0.15, -0.1) is 0 Å². The Bertz CT molecular complexity index is 4080. The lowest BCUT2D eigenvalue weighted by atomic mass is 9.82. The Morgan fingerprint density at radius 3 is 1.24 bits per heavy atom. The van der Waals surface area contributed by atoms with Crippen LogP contribution in [-0.2, 0) is 10.8 Å². The van der Waals surface area contributed by atoms with Crippen molar-refractivity contribution in [2.45, 2.75) is 66.2 Å². The average molecular weight is 931 g/mol. The molecule has 4 nitrogen and oxygen atoms in total. The first-order valence-electron chi connectivity index (χ1n) is 25.3.